The lowest BCUT2D eigenvalue weighted by Crippen LogP contribution is -2.23. The molecule has 3 rings (SSSR count). The Morgan fingerprint density at radius 1 is 1.27 bits per heavy atom. The average molecular weight is 314 g/mol. The van der Waals surface area contributed by atoms with Crippen LogP contribution >= 0.6 is 11.3 Å². The van der Waals surface area contributed by atoms with Gasteiger partial charge in [-0.3, -0.25) is 9.67 Å². The average Bonchev–Trinajstić information content (AvgIpc) is 3.17. The van der Waals surface area contributed by atoms with Crippen LogP contribution in [0.2, 0.25) is 0 Å². The molecule has 0 aliphatic rings. The summed E-state index contributed by atoms with van der Waals surface area (Å²) in [4.78, 5) is 4.95. The summed E-state index contributed by atoms with van der Waals surface area (Å²) >= 11 is 1.55. The second-order valence-corrected chi connectivity index (χ2v) is 6.45. The Morgan fingerprint density at radius 3 is 2.82 bits per heavy atom. The summed E-state index contributed by atoms with van der Waals surface area (Å²) in [6.45, 7) is 2.58. The topological polar surface area (TPSA) is 63.8 Å². The maximum atomic E-state index is 10.6. The van der Waals surface area contributed by atoms with Gasteiger partial charge < -0.3 is 5.11 Å². The molecule has 3 aromatic rings. The maximum absolute atomic E-state index is 10.6. The zero-order valence-electron chi connectivity index (χ0n) is 12.4. The first kappa shape index (κ1) is 14.9. The van der Waals surface area contributed by atoms with Gasteiger partial charge in [0.25, 0.3) is 0 Å². The highest BCUT2D eigenvalue weighted by atomic mass is 32.1. The third kappa shape index (κ3) is 3.58. The SMILES string of the molecule is CC(O)(Cc1cn(CCc2ccncc2)nn1)c1cccs1. The predicted molar refractivity (Wildman–Crippen MR) is 85.6 cm³/mol. The molecule has 0 spiro atoms. The molecular formula is C16H18N4OS. The van der Waals surface area contributed by atoms with Crippen molar-refractivity contribution in [3.8, 4) is 0 Å². The minimum atomic E-state index is -0.903. The van der Waals surface area contributed by atoms with E-state index < -0.39 is 5.60 Å². The van der Waals surface area contributed by atoms with Gasteiger partial charge in [-0.1, -0.05) is 11.3 Å². The molecule has 0 fully saturated rings. The fourth-order valence-corrected chi connectivity index (χ4v) is 3.13. The maximum Gasteiger partial charge on any atom is 0.102 e. The van der Waals surface area contributed by atoms with Gasteiger partial charge in [-0.15, -0.1) is 16.4 Å². The van der Waals surface area contributed by atoms with Gasteiger partial charge in [0.05, 0.1) is 5.69 Å². The summed E-state index contributed by atoms with van der Waals surface area (Å²) in [7, 11) is 0. The van der Waals surface area contributed by atoms with E-state index in [1.807, 2.05) is 47.4 Å². The van der Waals surface area contributed by atoms with Crippen LogP contribution in [-0.4, -0.2) is 25.1 Å². The van der Waals surface area contributed by atoms with Gasteiger partial charge in [0.1, 0.15) is 5.60 Å². The number of thiophene rings is 1. The molecule has 0 saturated carbocycles. The molecule has 3 heterocycles. The first-order chi connectivity index (χ1) is 10.6. The summed E-state index contributed by atoms with van der Waals surface area (Å²) in [6.07, 6.45) is 6.83. The van der Waals surface area contributed by atoms with Crippen molar-refractivity contribution < 1.29 is 5.11 Å². The van der Waals surface area contributed by atoms with Crippen LogP contribution in [0.5, 0.6) is 0 Å². The van der Waals surface area contributed by atoms with Crippen LogP contribution in [-0.2, 0) is 25.0 Å². The van der Waals surface area contributed by atoms with Crippen LogP contribution in [0.3, 0.4) is 0 Å². The van der Waals surface area contributed by atoms with Crippen molar-refractivity contribution in [2.45, 2.75) is 31.9 Å². The van der Waals surface area contributed by atoms with Gasteiger partial charge in [0, 0.05) is 36.4 Å². The van der Waals surface area contributed by atoms with Crippen LogP contribution in [0.25, 0.3) is 0 Å². The molecular weight excluding hydrogens is 296 g/mol. The van der Waals surface area contributed by atoms with Crippen molar-refractivity contribution in [3.63, 3.8) is 0 Å². The number of hydrogen-bond donors (Lipinski definition) is 1. The molecule has 5 nitrogen and oxygen atoms in total. The standard InChI is InChI=1S/C16H18N4OS/c1-16(21,15-3-2-10-22-15)11-14-12-20(19-18-14)9-6-13-4-7-17-8-5-13/h2-5,7-8,10,12,21H,6,9,11H2,1H3. The lowest BCUT2D eigenvalue weighted by atomic mass is 9.99. The molecule has 0 radical (unpaired) electrons. The number of nitrogens with zero attached hydrogens (tertiary/aromatic N) is 4. The molecule has 1 atom stereocenters. The van der Waals surface area contributed by atoms with E-state index in [1.54, 1.807) is 23.7 Å². The molecule has 0 aliphatic heterocycles. The van der Waals surface area contributed by atoms with Crippen LogP contribution in [0.4, 0.5) is 0 Å². The van der Waals surface area contributed by atoms with Gasteiger partial charge in [0.2, 0.25) is 0 Å². The van der Waals surface area contributed by atoms with E-state index in [1.165, 1.54) is 5.56 Å². The molecule has 22 heavy (non-hydrogen) atoms. The minimum Gasteiger partial charge on any atom is -0.384 e. The zero-order chi connectivity index (χ0) is 15.4. The summed E-state index contributed by atoms with van der Waals surface area (Å²) in [5.41, 5.74) is 1.12. The van der Waals surface area contributed by atoms with Gasteiger partial charge in [0.15, 0.2) is 0 Å². The van der Waals surface area contributed by atoms with Gasteiger partial charge in [-0.05, 0) is 42.5 Å². The van der Waals surface area contributed by atoms with E-state index in [0.29, 0.717) is 6.42 Å². The Hall–Kier alpha value is -2.05. The second-order valence-electron chi connectivity index (χ2n) is 5.51. The Bertz CT molecular complexity index is 707. The summed E-state index contributed by atoms with van der Waals surface area (Å²) in [5, 5.41) is 20.8. The smallest absolute Gasteiger partial charge is 0.102 e. The van der Waals surface area contributed by atoms with Crippen molar-refractivity contribution >= 4 is 11.3 Å². The van der Waals surface area contributed by atoms with E-state index in [0.717, 1.165) is 23.5 Å². The van der Waals surface area contributed by atoms with Crippen LogP contribution in [0.15, 0.2) is 48.2 Å². The van der Waals surface area contributed by atoms with Crippen molar-refractivity contribution in [2.24, 2.45) is 0 Å². The van der Waals surface area contributed by atoms with E-state index in [2.05, 4.69) is 15.3 Å². The number of aryl methyl sites for hydroxylation is 2. The fourth-order valence-electron chi connectivity index (χ4n) is 2.35. The largest absolute Gasteiger partial charge is 0.384 e. The van der Waals surface area contributed by atoms with Crippen molar-refractivity contribution in [3.05, 3.63) is 64.4 Å². The lowest BCUT2D eigenvalue weighted by molar-refractivity contribution is 0.0604. The number of rotatable bonds is 6. The molecule has 6 heteroatoms. The highest BCUT2D eigenvalue weighted by Gasteiger charge is 2.26. The van der Waals surface area contributed by atoms with E-state index in [9.17, 15) is 5.11 Å². The molecule has 0 saturated heterocycles. The molecule has 114 valence electrons. The Balaban J connectivity index is 1.62. The normalized spacial score (nSPS) is 13.9. The Kier molecular flexibility index (Phi) is 4.31. The third-order valence-electron chi connectivity index (χ3n) is 3.54. The van der Waals surface area contributed by atoms with Gasteiger partial charge >= 0.3 is 0 Å². The Labute approximate surface area is 133 Å². The summed E-state index contributed by atoms with van der Waals surface area (Å²) in [6, 6.07) is 7.89. The molecule has 0 aliphatic carbocycles. The number of hydrogen-bond acceptors (Lipinski definition) is 5. The Morgan fingerprint density at radius 2 is 2.09 bits per heavy atom. The highest BCUT2D eigenvalue weighted by Crippen LogP contribution is 2.28. The number of aromatic nitrogens is 4. The summed E-state index contributed by atoms with van der Waals surface area (Å²) < 4.78 is 1.82. The van der Waals surface area contributed by atoms with Crippen molar-refractivity contribution in [1.29, 1.82) is 0 Å². The minimum absolute atomic E-state index is 0.461. The van der Waals surface area contributed by atoms with Gasteiger partial charge in [-0.25, -0.2) is 0 Å². The van der Waals surface area contributed by atoms with Crippen LogP contribution in [0.1, 0.15) is 23.1 Å². The quantitative estimate of drug-likeness (QED) is 0.759. The monoisotopic (exact) mass is 314 g/mol. The molecule has 0 amide bonds. The van der Waals surface area contributed by atoms with E-state index >= 15 is 0 Å². The van der Waals surface area contributed by atoms with Crippen LogP contribution in [0, 0.1) is 0 Å². The zero-order valence-corrected chi connectivity index (χ0v) is 13.2. The molecule has 0 bridgehead atoms. The van der Waals surface area contributed by atoms with E-state index in [4.69, 9.17) is 0 Å². The van der Waals surface area contributed by atoms with Crippen molar-refractivity contribution in [1.82, 2.24) is 20.0 Å². The van der Waals surface area contributed by atoms with Crippen molar-refractivity contribution in [2.75, 3.05) is 0 Å². The second kappa shape index (κ2) is 6.37. The summed E-state index contributed by atoms with van der Waals surface area (Å²) in [5.74, 6) is 0. The van der Waals surface area contributed by atoms with Crippen LogP contribution < -0.4 is 0 Å². The van der Waals surface area contributed by atoms with E-state index in [-0.39, 0.29) is 0 Å². The molecule has 3 aromatic heterocycles. The molecule has 1 N–H and O–H groups in total. The predicted octanol–water partition coefficient (Wildman–Crippen LogP) is 2.43. The lowest BCUT2D eigenvalue weighted by Gasteiger charge is -2.20. The first-order valence-electron chi connectivity index (χ1n) is 7.18. The highest BCUT2D eigenvalue weighted by molar-refractivity contribution is 7.10. The fraction of sp³-hybridized carbons (Fsp3) is 0.312. The first-order valence-corrected chi connectivity index (χ1v) is 8.06. The number of aliphatic hydroxyl groups is 1. The van der Waals surface area contributed by atoms with Gasteiger partial charge in [-0.2, -0.15) is 0 Å². The molecule has 1 unspecified atom stereocenters. The number of pyridine rings is 1. The molecule has 0 aromatic carbocycles. The third-order valence-corrected chi connectivity index (χ3v) is 4.67.